The van der Waals surface area contributed by atoms with Crippen LogP contribution >= 0.6 is 0 Å². The van der Waals surface area contributed by atoms with E-state index in [9.17, 15) is 5.11 Å². The molecule has 1 aromatic rings. The number of nitrogens with zero attached hydrogens (tertiary/aromatic N) is 2. The quantitative estimate of drug-likeness (QED) is 0.857. The molecule has 4 heteroatoms. The van der Waals surface area contributed by atoms with Crippen molar-refractivity contribution in [2.24, 2.45) is 5.92 Å². The molecule has 4 nitrogen and oxygen atoms in total. The summed E-state index contributed by atoms with van der Waals surface area (Å²) in [6, 6.07) is 2.01. The summed E-state index contributed by atoms with van der Waals surface area (Å²) >= 11 is 0. The molecular weight excluding hydrogens is 238 g/mol. The zero-order chi connectivity index (χ0) is 13.7. The second kappa shape index (κ2) is 6.33. The highest BCUT2D eigenvalue weighted by atomic mass is 16.3. The fraction of sp³-hybridized carbons (Fsp3) is 0.733. The maximum atomic E-state index is 9.79. The van der Waals surface area contributed by atoms with Gasteiger partial charge in [-0.1, -0.05) is 33.1 Å². The Bertz CT molecular complexity index is 410. The van der Waals surface area contributed by atoms with Crippen LogP contribution in [0.15, 0.2) is 12.4 Å². The number of rotatable bonds is 5. The number of nitrogens with one attached hydrogen (secondary N) is 1. The minimum Gasteiger partial charge on any atom is -0.394 e. The van der Waals surface area contributed by atoms with Crippen LogP contribution < -0.4 is 5.32 Å². The molecule has 0 aliphatic heterocycles. The van der Waals surface area contributed by atoms with Gasteiger partial charge >= 0.3 is 0 Å². The third kappa shape index (κ3) is 3.66. The predicted molar refractivity (Wildman–Crippen MR) is 77.1 cm³/mol. The van der Waals surface area contributed by atoms with Crippen LogP contribution in [0, 0.1) is 5.92 Å². The Morgan fingerprint density at radius 3 is 3.00 bits per heavy atom. The van der Waals surface area contributed by atoms with Crippen LogP contribution in [0.1, 0.15) is 51.6 Å². The molecule has 0 aromatic carbocycles. The van der Waals surface area contributed by atoms with Crippen LogP contribution in [0.5, 0.6) is 0 Å². The number of aliphatic hydroxyl groups excluding tert-OH is 1. The lowest BCUT2D eigenvalue weighted by Crippen LogP contribution is -2.46. The van der Waals surface area contributed by atoms with E-state index in [1.54, 1.807) is 6.33 Å². The first kappa shape index (κ1) is 14.3. The molecule has 2 unspecified atom stereocenters. The summed E-state index contributed by atoms with van der Waals surface area (Å²) in [6.07, 6.45) is 8.12. The Labute approximate surface area is 115 Å². The van der Waals surface area contributed by atoms with Gasteiger partial charge in [0.2, 0.25) is 0 Å². The van der Waals surface area contributed by atoms with Crippen molar-refractivity contribution in [2.75, 3.05) is 11.9 Å². The van der Waals surface area contributed by atoms with Gasteiger partial charge in [-0.3, -0.25) is 0 Å². The first-order valence-electron chi connectivity index (χ1n) is 7.37. The van der Waals surface area contributed by atoms with Crippen molar-refractivity contribution >= 4 is 5.82 Å². The van der Waals surface area contributed by atoms with Crippen molar-refractivity contribution in [2.45, 2.75) is 57.9 Å². The van der Waals surface area contributed by atoms with Gasteiger partial charge in [0, 0.05) is 11.8 Å². The smallest absolute Gasteiger partial charge is 0.130 e. The standard InChI is InChI=1S/C15H25N3O/c1-3-5-13-8-14(17-11-16-13)18-15(10-19)7-4-6-12(2)9-15/h8,11-12,19H,3-7,9-10H2,1-2H3,(H,16,17,18). The van der Waals surface area contributed by atoms with E-state index >= 15 is 0 Å². The number of aromatic nitrogens is 2. The average Bonchev–Trinajstić information content (AvgIpc) is 2.39. The SMILES string of the molecule is CCCc1cc(NC2(CO)CCCC(C)C2)ncn1. The summed E-state index contributed by atoms with van der Waals surface area (Å²) in [5.41, 5.74) is 0.868. The first-order chi connectivity index (χ1) is 9.17. The number of hydrogen-bond donors (Lipinski definition) is 2. The highest BCUT2D eigenvalue weighted by Crippen LogP contribution is 2.34. The van der Waals surface area contributed by atoms with Crippen LogP contribution in [0.4, 0.5) is 5.82 Å². The zero-order valence-corrected chi connectivity index (χ0v) is 12.0. The van der Waals surface area contributed by atoms with Crippen molar-refractivity contribution in [1.29, 1.82) is 0 Å². The maximum absolute atomic E-state index is 9.79. The number of aliphatic hydroxyl groups is 1. The third-order valence-electron chi connectivity index (χ3n) is 4.02. The van der Waals surface area contributed by atoms with Gasteiger partial charge in [0.1, 0.15) is 12.1 Å². The van der Waals surface area contributed by atoms with Crippen LogP contribution in [-0.2, 0) is 6.42 Å². The van der Waals surface area contributed by atoms with Gasteiger partial charge in [-0.15, -0.1) is 0 Å². The molecule has 106 valence electrons. The van der Waals surface area contributed by atoms with E-state index in [2.05, 4.69) is 29.1 Å². The largest absolute Gasteiger partial charge is 0.394 e. The summed E-state index contributed by atoms with van der Waals surface area (Å²) < 4.78 is 0. The van der Waals surface area contributed by atoms with Gasteiger partial charge in [0.05, 0.1) is 12.1 Å². The summed E-state index contributed by atoms with van der Waals surface area (Å²) in [7, 11) is 0. The lowest BCUT2D eigenvalue weighted by Gasteiger charge is -2.39. The highest BCUT2D eigenvalue weighted by molar-refractivity contribution is 5.38. The number of aryl methyl sites for hydroxylation is 1. The molecule has 1 aliphatic carbocycles. The molecule has 2 atom stereocenters. The Hall–Kier alpha value is -1.16. The van der Waals surface area contributed by atoms with Crippen molar-refractivity contribution in [3.63, 3.8) is 0 Å². The van der Waals surface area contributed by atoms with E-state index in [1.807, 2.05) is 6.07 Å². The molecule has 0 amide bonds. The van der Waals surface area contributed by atoms with Gasteiger partial charge in [0.15, 0.2) is 0 Å². The third-order valence-corrected chi connectivity index (χ3v) is 4.02. The molecule has 0 radical (unpaired) electrons. The molecule has 1 saturated carbocycles. The van der Waals surface area contributed by atoms with E-state index in [0.717, 1.165) is 37.2 Å². The minimum absolute atomic E-state index is 0.171. The first-order valence-corrected chi connectivity index (χ1v) is 7.37. The summed E-state index contributed by atoms with van der Waals surface area (Å²) in [5, 5.41) is 13.3. The van der Waals surface area contributed by atoms with E-state index in [1.165, 1.54) is 12.8 Å². The molecular formula is C15H25N3O. The Kier molecular flexibility index (Phi) is 4.75. The van der Waals surface area contributed by atoms with Crippen molar-refractivity contribution in [3.05, 3.63) is 18.1 Å². The predicted octanol–water partition coefficient (Wildman–Crippen LogP) is 2.78. The monoisotopic (exact) mass is 263 g/mol. The normalized spacial score (nSPS) is 27.2. The van der Waals surface area contributed by atoms with Crippen LogP contribution in [0.3, 0.4) is 0 Å². The average molecular weight is 263 g/mol. The number of hydrogen-bond acceptors (Lipinski definition) is 4. The Balaban J connectivity index is 2.11. The van der Waals surface area contributed by atoms with Crippen LogP contribution in [0.25, 0.3) is 0 Å². The van der Waals surface area contributed by atoms with Gasteiger partial charge in [-0.2, -0.15) is 0 Å². The molecule has 0 bridgehead atoms. The summed E-state index contributed by atoms with van der Waals surface area (Å²) in [4.78, 5) is 8.57. The fourth-order valence-electron chi connectivity index (χ4n) is 3.09. The Morgan fingerprint density at radius 2 is 2.32 bits per heavy atom. The fourth-order valence-corrected chi connectivity index (χ4v) is 3.09. The maximum Gasteiger partial charge on any atom is 0.130 e. The molecule has 1 aromatic heterocycles. The molecule has 1 aliphatic rings. The van der Waals surface area contributed by atoms with Gasteiger partial charge in [0.25, 0.3) is 0 Å². The molecule has 19 heavy (non-hydrogen) atoms. The van der Waals surface area contributed by atoms with Crippen LogP contribution in [0.2, 0.25) is 0 Å². The molecule has 1 heterocycles. The zero-order valence-electron chi connectivity index (χ0n) is 12.0. The van der Waals surface area contributed by atoms with Gasteiger partial charge in [-0.25, -0.2) is 9.97 Å². The molecule has 0 spiro atoms. The van der Waals surface area contributed by atoms with Gasteiger partial charge < -0.3 is 10.4 Å². The molecule has 2 N–H and O–H groups in total. The second-order valence-electron chi connectivity index (χ2n) is 5.91. The molecule has 0 saturated heterocycles. The summed E-state index contributed by atoms with van der Waals surface area (Å²) in [6.45, 7) is 4.57. The van der Waals surface area contributed by atoms with Crippen LogP contribution in [-0.4, -0.2) is 27.2 Å². The number of anilines is 1. The topological polar surface area (TPSA) is 58.0 Å². The van der Waals surface area contributed by atoms with Crippen molar-refractivity contribution < 1.29 is 5.11 Å². The molecule has 1 fully saturated rings. The minimum atomic E-state index is -0.199. The van der Waals surface area contributed by atoms with E-state index in [4.69, 9.17) is 0 Å². The molecule has 2 rings (SSSR count). The lowest BCUT2D eigenvalue weighted by atomic mass is 9.77. The lowest BCUT2D eigenvalue weighted by molar-refractivity contribution is 0.149. The second-order valence-corrected chi connectivity index (χ2v) is 5.91. The van der Waals surface area contributed by atoms with Crippen molar-refractivity contribution in [1.82, 2.24) is 9.97 Å². The van der Waals surface area contributed by atoms with E-state index in [-0.39, 0.29) is 12.1 Å². The van der Waals surface area contributed by atoms with E-state index < -0.39 is 0 Å². The van der Waals surface area contributed by atoms with Gasteiger partial charge in [-0.05, 0) is 25.2 Å². The van der Waals surface area contributed by atoms with E-state index in [0.29, 0.717) is 5.92 Å². The summed E-state index contributed by atoms with van der Waals surface area (Å²) in [5.74, 6) is 1.51. The highest BCUT2D eigenvalue weighted by Gasteiger charge is 2.34. The Morgan fingerprint density at radius 1 is 1.47 bits per heavy atom. The van der Waals surface area contributed by atoms with Crippen molar-refractivity contribution in [3.8, 4) is 0 Å².